The zero-order valence-corrected chi connectivity index (χ0v) is 15.1. The molecule has 116 valence electrons. The summed E-state index contributed by atoms with van der Waals surface area (Å²) < 4.78 is 6.62. The molecule has 0 spiro atoms. The molecule has 0 aliphatic carbocycles. The summed E-state index contributed by atoms with van der Waals surface area (Å²) in [5.41, 5.74) is 7.03. The summed E-state index contributed by atoms with van der Waals surface area (Å²) in [6, 6.07) is 7.44. The summed E-state index contributed by atoms with van der Waals surface area (Å²) in [6.45, 7) is 0. The van der Waals surface area contributed by atoms with Gasteiger partial charge in [0.1, 0.15) is 5.75 Å². The Kier molecular flexibility index (Phi) is 5.28. The average molecular weight is 333 g/mol. The number of hydrogen-bond donors (Lipinski definition) is 1. The third-order valence-electron chi connectivity index (χ3n) is 3.47. The summed E-state index contributed by atoms with van der Waals surface area (Å²) in [4.78, 5) is 27.6. The van der Waals surface area contributed by atoms with E-state index in [1.807, 2.05) is 0 Å². The van der Waals surface area contributed by atoms with Gasteiger partial charge in [0.25, 0.3) is 0 Å². The minimum Gasteiger partial charge on any atom is -0.545 e. The number of carboxylic acid groups (broad SMARTS) is 1. The van der Waals surface area contributed by atoms with Gasteiger partial charge in [-0.1, -0.05) is 0 Å². The van der Waals surface area contributed by atoms with Crippen LogP contribution in [0.4, 0.5) is 5.69 Å². The summed E-state index contributed by atoms with van der Waals surface area (Å²) in [7, 11) is 1.46. The van der Waals surface area contributed by atoms with Crippen molar-refractivity contribution in [3.05, 3.63) is 59.7 Å². The Morgan fingerprint density at radius 2 is 1.96 bits per heavy atom. The van der Waals surface area contributed by atoms with E-state index >= 15 is 0 Å². The van der Waals surface area contributed by atoms with Gasteiger partial charge in [0.2, 0.25) is 5.78 Å². The molecule has 0 fully saturated rings. The maximum atomic E-state index is 12.6. The van der Waals surface area contributed by atoms with Gasteiger partial charge in [0, 0.05) is 17.3 Å². The number of nitrogens with zero attached hydrogens (tertiary/aromatic N) is 2. The maximum absolute atomic E-state index is 12.6. The van der Waals surface area contributed by atoms with Crippen molar-refractivity contribution in [1.82, 2.24) is 9.38 Å². The van der Waals surface area contributed by atoms with Crippen molar-refractivity contribution in [3.63, 3.8) is 0 Å². The Hall–Kier alpha value is -2.35. The molecule has 0 aliphatic heterocycles. The average Bonchev–Trinajstić information content (AvgIpc) is 2.97. The van der Waals surface area contributed by atoms with Crippen LogP contribution in [-0.4, -0.2) is 28.2 Å². The molecular weight excluding hydrogens is 321 g/mol. The molecular formula is C16H12N3NaO4. The normalized spacial score (nSPS) is 10.2. The first-order valence-corrected chi connectivity index (χ1v) is 6.68. The number of nitrogens with two attached hydrogens (primary N) is 1. The maximum Gasteiger partial charge on any atom is 1.00 e. The van der Waals surface area contributed by atoms with Crippen LogP contribution in [0.3, 0.4) is 0 Å². The van der Waals surface area contributed by atoms with E-state index in [1.54, 1.807) is 12.1 Å². The first-order chi connectivity index (χ1) is 11.0. The van der Waals surface area contributed by atoms with Gasteiger partial charge in [-0.05, 0) is 30.3 Å². The summed E-state index contributed by atoms with van der Waals surface area (Å²) in [5, 5.41) is 10.9. The number of carboxylic acids is 1. The molecule has 3 rings (SSSR count). The Bertz CT molecular complexity index is 936. The number of aromatic carboxylic acids is 1. The first-order valence-electron chi connectivity index (χ1n) is 6.68. The minimum absolute atomic E-state index is 0. The Balaban J connectivity index is 0.00000208. The van der Waals surface area contributed by atoms with Crippen LogP contribution >= 0.6 is 0 Å². The fourth-order valence-electron chi connectivity index (χ4n) is 2.28. The number of rotatable bonds is 4. The zero-order chi connectivity index (χ0) is 16.6. The number of benzene rings is 1. The number of fused-ring (bicyclic) bond motifs is 1. The summed E-state index contributed by atoms with van der Waals surface area (Å²) in [6.07, 6.45) is 2.89. The number of aromatic nitrogens is 2. The van der Waals surface area contributed by atoms with E-state index in [1.165, 1.54) is 42.1 Å². The number of pyridine rings is 1. The molecule has 3 aromatic rings. The zero-order valence-electron chi connectivity index (χ0n) is 13.1. The molecule has 1 aromatic carbocycles. The van der Waals surface area contributed by atoms with Crippen LogP contribution in [-0.2, 0) is 0 Å². The van der Waals surface area contributed by atoms with Gasteiger partial charge >= 0.3 is 29.6 Å². The molecule has 0 radical (unpaired) electrons. The van der Waals surface area contributed by atoms with Crippen LogP contribution in [0, 0.1) is 0 Å². The van der Waals surface area contributed by atoms with E-state index < -0.39 is 5.97 Å². The van der Waals surface area contributed by atoms with Gasteiger partial charge < -0.3 is 20.4 Å². The summed E-state index contributed by atoms with van der Waals surface area (Å²) >= 11 is 0. The van der Waals surface area contributed by atoms with Crippen LogP contribution in [0.15, 0.2) is 42.7 Å². The number of carbonyl (C=O) groups is 2. The number of anilines is 1. The van der Waals surface area contributed by atoms with Crippen LogP contribution in [0.1, 0.15) is 26.5 Å². The number of imidazole rings is 1. The van der Waals surface area contributed by atoms with Crippen molar-refractivity contribution in [1.29, 1.82) is 0 Å². The number of ketones is 1. The molecule has 2 aromatic heterocycles. The fourth-order valence-corrected chi connectivity index (χ4v) is 2.28. The molecule has 0 aliphatic rings. The van der Waals surface area contributed by atoms with Crippen LogP contribution in [0.2, 0.25) is 0 Å². The van der Waals surface area contributed by atoms with Crippen molar-refractivity contribution in [2.45, 2.75) is 0 Å². The van der Waals surface area contributed by atoms with Crippen LogP contribution in [0.25, 0.3) is 5.52 Å². The number of methoxy groups -OCH3 is 1. The van der Waals surface area contributed by atoms with Crippen molar-refractivity contribution in [2.24, 2.45) is 0 Å². The molecule has 0 saturated heterocycles. The minimum atomic E-state index is -1.29. The first kappa shape index (κ1) is 18.0. The third-order valence-corrected chi connectivity index (χ3v) is 3.47. The van der Waals surface area contributed by atoms with Gasteiger partial charge in [0.05, 0.1) is 30.5 Å². The second kappa shape index (κ2) is 7.04. The molecule has 2 heterocycles. The van der Waals surface area contributed by atoms with E-state index in [0.717, 1.165) is 0 Å². The second-order valence-corrected chi connectivity index (χ2v) is 4.87. The van der Waals surface area contributed by atoms with Crippen molar-refractivity contribution in [3.8, 4) is 5.75 Å². The van der Waals surface area contributed by atoms with Gasteiger partial charge in [-0.25, -0.2) is 4.98 Å². The van der Waals surface area contributed by atoms with Crippen molar-refractivity contribution in [2.75, 3.05) is 12.8 Å². The van der Waals surface area contributed by atoms with Gasteiger partial charge in [0.15, 0.2) is 5.82 Å². The third kappa shape index (κ3) is 3.14. The van der Waals surface area contributed by atoms with E-state index in [2.05, 4.69) is 4.98 Å². The quantitative estimate of drug-likeness (QED) is 0.322. The SMILES string of the molecule is COc1cc(C(=O)c2ncc3cc(C(=O)[O-])ccn23)ccc1N.[Na+]. The smallest absolute Gasteiger partial charge is 0.545 e. The molecule has 0 saturated carbocycles. The Labute approximate surface area is 159 Å². The molecule has 2 N–H and O–H groups in total. The van der Waals surface area contributed by atoms with Gasteiger partial charge in [-0.2, -0.15) is 0 Å². The Morgan fingerprint density at radius 3 is 2.62 bits per heavy atom. The number of carbonyl (C=O) groups excluding carboxylic acids is 2. The van der Waals surface area contributed by atoms with E-state index in [0.29, 0.717) is 22.5 Å². The predicted octanol–water partition coefficient (Wildman–Crippen LogP) is -2.48. The van der Waals surface area contributed by atoms with Crippen LogP contribution < -0.4 is 45.1 Å². The number of ether oxygens (including phenoxy) is 1. The van der Waals surface area contributed by atoms with Gasteiger partial charge in [-0.15, -0.1) is 0 Å². The molecule has 0 amide bonds. The standard InChI is InChI=1S/C16H13N3O4.Na/c1-23-13-7-9(2-3-12(13)17)14(20)15-18-8-11-6-10(16(21)22)4-5-19(11)15;/h2-8H,17H2,1H3,(H,21,22);/q;+1/p-1. The van der Waals surface area contributed by atoms with Crippen LogP contribution in [0.5, 0.6) is 5.75 Å². The topological polar surface area (TPSA) is 110 Å². The molecule has 0 unspecified atom stereocenters. The largest absolute Gasteiger partial charge is 1.00 e. The molecule has 0 bridgehead atoms. The van der Waals surface area contributed by atoms with Crippen molar-refractivity contribution < 1.29 is 49.0 Å². The fraction of sp³-hybridized carbons (Fsp3) is 0.0625. The number of hydrogen-bond acceptors (Lipinski definition) is 6. The number of nitrogen functional groups attached to an aromatic ring is 1. The molecule has 0 atom stereocenters. The molecule has 8 heteroatoms. The van der Waals surface area contributed by atoms with E-state index in [9.17, 15) is 14.7 Å². The predicted molar refractivity (Wildman–Crippen MR) is 80.4 cm³/mol. The molecule has 7 nitrogen and oxygen atoms in total. The van der Waals surface area contributed by atoms with Crippen molar-refractivity contribution >= 4 is 23.0 Å². The monoisotopic (exact) mass is 333 g/mol. The molecule has 24 heavy (non-hydrogen) atoms. The second-order valence-electron chi connectivity index (χ2n) is 4.87. The van der Waals surface area contributed by atoms with E-state index in [4.69, 9.17) is 10.5 Å². The van der Waals surface area contributed by atoms with E-state index in [-0.39, 0.29) is 46.7 Å². The van der Waals surface area contributed by atoms with Gasteiger partial charge in [-0.3, -0.25) is 9.20 Å². The summed E-state index contributed by atoms with van der Waals surface area (Å²) in [5.74, 6) is -1.05. The Morgan fingerprint density at radius 1 is 1.21 bits per heavy atom.